The van der Waals surface area contributed by atoms with Crippen LogP contribution in [0.4, 0.5) is 0 Å². The average Bonchev–Trinajstić information content (AvgIpc) is 2.83. The number of nitrogens with zero attached hydrogens (tertiary/aromatic N) is 1. The second-order valence-corrected chi connectivity index (χ2v) is 5.33. The second-order valence-electron chi connectivity index (χ2n) is 4.48. The highest BCUT2D eigenvalue weighted by atomic mass is 35.5. The molecule has 0 bridgehead atoms. The average molecular weight is 296 g/mol. The summed E-state index contributed by atoms with van der Waals surface area (Å²) >= 11 is 12.1. The van der Waals surface area contributed by atoms with Crippen LogP contribution in [0.5, 0.6) is 0 Å². The highest BCUT2D eigenvalue weighted by molar-refractivity contribution is 6.33. The van der Waals surface area contributed by atoms with Crippen molar-refractivity contribution < 1.29 is 4.79 Å². The van der Waals surface area contributed by atoms with Crippen LogP contribution in [0.1, 0.15) is 35.7 Å². The van der Waals surface area contributed by atoms with Gasteiger partial charge in [-0.05, 0) is 36.2 Å². The second kappa shape index (κ2) is 6.27. The summed E-state index contributed by atoms with van der Waals surface area (Å²) in [7, 11) is 0. The lowest BCUT2D eigenvalue weighted by molar-refractivity contribution is 0.0981. The molecule has 0 amide bonds. The lowest BCUT2D eigenvalue weighted by atomic mass is 10.1. The van der Waals surface area contributed by atoms with Gasteiger partial charge in [0.1, 0.15) is 0 Å². The molecule has 2 rings (SSSR count). The van der Waals surface area contributed by atoms with E-state index in [0.717, 1.165) is 17.5 Å². The minimum absolute atomic E-state index is 0.179. The summed E-state index contributed by atoms with van der Waals surface area (Å²) in [4.78, 5) is 11.8. The van der Waals surface area contributed by atoms with Crippen molar-refractivity contribution in [2.24, 2.45) is 0 Å². The predicted octanol–water partition coefficient (Wildman–Crippen LogP) is 4.83. The standard InChI is InChI=1S/C15H15Cl2NO/c1-2-3-15(19)11-6-7-18(9-11)10-12-8-13(16)4-5-14(12)17/h4-9H,2-3,10H2,1H3. The zero-order chi connectivity index (χ0) is 13.8. The zero-order valence-electron chi connectivity index (χ0n) is 10.7. The number of hydrogen-bond donors (Lipinski definition) is 0. The molecule has 0 atom stereocenters. The van der Waals surface area contributed by atoms with Crippen molar-refractivity contribution in [3.05, 3.63) is 57.8 Å². The molecular formula is C15H15Cl2NO. The molecule has 0 aliphatic carbocycles. The molecule has 0 N–H and O–H groups in total. The first-order chi connectivity index (χ1) is 9.10. The van der Waals surface area contributed by atoms with Crippen LogP contribution in [0.3, 0.4) is 0 Å². The van der Waals surface area contributed by atoms with Crippen LogP contribution in [-0.4, -0.2) is 10.4 Å². The largest absolute Gasteiger partial charge is 0.349 e. The molecule has 1 aromatic heterocycles. The zero-order valence-corrected chi connectivity index (χ0v) is 12.2. The van der Waals surface area contributed by atoms with Gasteiger partial charge in [-0.15, -0.1) is 0 Å². The van der Waals surface area contributed by atoms with Crippen LogP contribution >= 0.6 is 23.2 Å². The van der Waals surface area contributed by atoms with Gasteiger partial charge in [-0.3, -0.25) is 4.79 Å². The monoisotopic (exact) mass is 295 g/mol. The van der Waals surface area contributed by atoms with Gasteiger partial charge >= 0.3 is 0 Å². The SMILES string of the molecule is CCCC(=O)c1ccn(Cc2cc(Cl)ccc2Cl)c1. The molecule has 1 aromatic carbocycles. The number of carbonyl (C=O) groups excluding carboxylic acids is 1. The van der Waals surface area contributed by atoms with Gasteiger partial charge in [0.15, 0.2) is 5.78 Å². The van der Waals surface area contributed by atoms with E-state index in [1.807, 2.05) is 36.0 Å². The normalized spacial score (nSPS) is 10.7. The lowest BCUT2D eigenvalue weighted by Crippen LogP contribution is -1.99. The molecule has 2 aromatic rings. The molecule has 19 heavy (non-hydrogen) atoms. The fraction of sp³-hybridized carbons (Fsp3) is 0.267. The summed E-state index contributed by atoms with van der Waals surface area (Å²) in [6.07, 6.45) is 5.20. The first-order valence-corrected chi connectivity index (χ1v) is 6.98. The van der Waals surface area contributed by atoms with Gasteiger partial charge in [-0.2, -0.15) is 0 Å². The molecule has 0 fully saturated rings. The number of rotatable bonds is 5. The molecule has 0 aliphatic rings. The third-order valence-corrected chi connectivity index (χ3v) is 3.51. The minimum Gasteiger partial charge on any atom is -0.349 e. The van der Waals surface area contributed by atoms with E-state index in [9.17, 15) is 4.79 Å². The Kier molecular flexibility index (Phi) is 4.67. The fourth-order valence-corrected chi connectivity index (χ4v) is 2.31. The number of benzene rings is 1. The molecule has 2 nitrogen and oxygen atoms in total. The smallest absolute Gasteiger partial charge is 0.164 e. The topological polar surface area (TPSA) is 22.0 Å². The maximum Gasteiger partial charge on any atom is 0.164 e. The Balaban J connectivity index is 2.15. The minimum atomic E-state index is 0.179. The van der Waals surface area contributed by atoms with Gasteiger partial charge < -0.3 is 4.57 Å². The van der Waals surface area contributed by atoms with Crippen LogP contribution in [0.15, 0.2) is 36.7 Å². The van der Waals surface area contributed by atoms with Crippen molar-refractivity contribution in [3.63, 3.8) is 0 Å². The maximum absolute atomic E-state index is 11.8. The van der Waals surface area contributed by atoms with Crippen molar-refractivity contribution in [1.82, 2.24) is 4.57 Å². The van der Waals surface area contributed by atoms with E-state index in [1.54, 1.807) is 12.1 Å². The van der Waals surface area contributed by atoms with E-state index < -0.39 is 0 Å². The van der Waals surface area contributed by atoms with Crippen LogP contribution in [0.2, 0.25) is 10.0 Å². The van der Waals surface area contributed by atoms with Crippen LogP contribution in [0, 0.1) is 0 Å². The summed E-state index contributed by atoms with van der Waals surface area (Å²) in [6, 6.07) is 7.24. The van der Waals surface area contributed by atoms with Gasteiger partial charge in [0, 0.05) is 41.0 Å². The molecule has 4 heteroatoms. The molecule has 0 radical (unpaired) electrons. The molecule has 1 heterocycles. The van der Waals surface area contributed by atoms with Gasteiger partial charge in [0.2, 0.25) is 0 Å². The number of halogens is 2. The van der Waals surface area contributed by atoms with Crippen molar-refractivity contribution >= 4 is 29.0 Å². The van der Waals surface area contributed by atoms with Gasteiger partial charge in [0.25, 0.3) is 0 Å². The molecule has 0 saturated carbocycles. The lowest BCUT2D eigenvalue weighted by Gasteiger charge is -2.06. The highest BCUT2D eigenvalue weighted by Gasteiger charge is 2.08. The number of carbonyl (C=O) groups is 1. The van der Waals surface area contributed by atoms with Crippen LogP contribution in [-0.2, 0) is 6.54 Å². The van der Waals surface area contributed by atoms with Gasteiger partial charge in [0.05, 0.1) is 0 Å². The summed E-state index contributed by atoms with van der Waals surface area (Å²) in [5, 5.41) is 1.34. The quantitative estimate of drug-likeness (QED) is 0.725. The molecule has 0 saturated heterocycles. The van der Waals surface area contributed by atoms with E-state index in [-0.39, 0.29) is 5.78 Å². The first kappa shape index (κ1) is 14.2. The maximum atomic E-state index is 11.8. The highest BCUT2D eigenvalue weighted by Crippen LogP contribution is 2.22. The van der Waals surface area contributed by atoms with Crippen LogP contribution < -0.4 is 0 Å². The number of hydrogen-bond acceptors (Lipinski definition) is 1. The van der Waals surface area contributed by atoms with E-state index in [0.29, 0.717) is 23.0 Å². The van der Waals surface area contributed by atoms with Crippen molar-refractivity contribution in [1.29, 1.82) is 0 Å². The van der Waals surface area contributed by atoms with E-state index in [4.69, 9.17) is 23.2 Å². The van der Waals surface area contributed by atoms with Crippen molar-refractivity contribution in [2.75, 3.05) is 0 Å². The van der Waals surface area contributed by atoms with E-state index >= 15 is 0 Å². The summed E-state index contributed by atoms with van der Waals surface area (Å²) in [5.41, 5.74) is 1.69. The molecule has 0 spiro atoms. The molecule has 0 aliphatic heterocycles. The summed E-state index contributed by atoms with van der Waals surface area (Å²) in [5.74, 6) is 0.179. The number of Topliss-reactive ketones (excluding diaryl/α,β-unsaturated/α-hetero) is 1. The van der Waals surface area contributed by atoms with Crippen molar-refractivity contribution in [3.8, 4) is 0 Å². The third-order valence-electron chi connectivity index (χ3n) is 2.91. The molecular weight excluding hydrogens is 281 g/mol. The molecule has 100 valence electrons. The van der Waals surface area contributed by atoms with Gasteiger partial charge in [-0.1, -0.05) is 30.1 Å². The fourth-order valence-electron chi connectivity index (χ4n) is 1.94. The molecule has 0 unspecified atom stereocenters. The van der Waals surface area contributed by atoms with E-state index in [2.05, 4.69) is 0 Å². The van der Waals surface area contributed by atoms with Crippen molar-refractivity contribution in [2.45, 2.75) is 26.3 Å². The Morgan fingerprint density at radius 1 is 1.26 bits per heavy atom. The van der Waals surface area contributed by atoms with Crippen LogP contribution in [0.25, 0.3) is 0 Å². The van der Waals surface area contributed by atoms with E-state index in [1.165, 1.54) is 0 Å². The first-order valence-electron chi connectivity index (χ1n) is 6.23. The Labute approximate surface area is 123 Å². The summed E-state index contributed by atoms with van der Waals surface area (Å²) < 4.78 is 1.94. The van der Waals surface area contributed by atoms with Gasteiger partial charge in [-0.25, -0.2) is 0 Å². The number of aromatic nitrogens is 1. The number of ketones is 1. The Bertz CT molecular complexity index is 590. The Morgan fingerprint density at radius 2 is 2.05 bits per heavy atom. The third kappa shape index (κ3) is 3.62. The Morgan fingerprint density at radius 3 is 2.79 bits per heavy atom. The predicted molar refractivity (Wildman–Crippen MR) is 79.2 cm³/mol. The summed E-state index contributed by atoms with van der Waals surface area (Å²) in [6.45, 7) is 2.61. The Hall–Kier alpha value is -1.25.